The Kier molecular flexibility index (Phi) is 19.6. The Hall–Kier alpha value is -2.31. The van der Waals surface area contributed by atoms with Crippen molar-refractivity contribution in [2.24, 2.45) is 0 Å². The van der Waals surface area contributed by atoms with Crippen LogP contribution in [0, 0.1) is 0 Å². The number of anilines is 4. The molecular formula is C35H30N4Na4O15S4. The molecule has 6 rings (SSSR count). The fraction of sp³-hybridized carbons (Fsp3) is 0. The third-order valence-corrected chi connectivity index (χ3v) is 11.6. The van der Waals surface area contributed by atoms with Crippen LogP contribution in [0.15, 0.2) is 129 Å². The number of nitrogens with one attached hydrogen (secondary N) is 4. The van der Waals surface area contributed by atoms with E-state index in [4.69, 9.17) is 0 Å². The molecule has 6 aromatic rings. The third-order valence-electron chi connectivity index (χ3n) is 8.25. The molecule has 0 aromatic heterocycles. The Morgan fingerprint density at radius 3 is 1.03 bits per heavy atom. The van der Waals surface area contributed by atoms with Crippen molar-refractivity contribution in [1.82, 2.24) is 0 Å². The van der Waals surface area contributed by atoms with Gasteiger partial charge in [-0.2, -0.15) is 33.7 Å². The molecule has 0 unspecified atom stereocenters. The summed E-state index contributed by atoms with van der Waals surface area (Å²) in [5.41, 5.74) is -0.204. The second-order valence-corrected chi connectivity index (χ2v) is 17.9. The van der Waals surface area contributed by atoms with Crippen LogP contribution < -0.4 is 21.3 Å². The molecule has 8 N–H and O–H groups in total. The van der Waals surface area contributed by atoms with Crippen LogP contribution in [-0.2, 0) is 40.5 Å². The number of rotatable bonds is 10. The number of hydrogen-bond donors (Lipinski definition) is 8. The van der Waals surface area contributed by atoms with Crippen molar-refractivity contribution in [3.05, 3.63) is 120 Å². The van der Waals surface area contributed by atoms with Gasteiger partial charge in [0, 0.05) is 33.3 Å². The van der Waals surface area contributed by atoms with E-state index < -0.39 is 77.9 Å². The molecule has 62 heavy (non-hydrogen) atoms. The van der Waals surface area contributed by atoms with Crippen LogP contribution >= 0.6 is 0 Å². The molecule has 0 atom stereocenters. The van der Waals surface area contributed by atoms with Gasteiger partial charge in [-0.25, -0.2) is 4.79 Å². The molecule has 0 spiro atoms. The van der Waals surface area contributed by atoms with Crippen molar-refractivity contribution < 1.29 is 66.3 Å². The normalized spacial score (nSPS) is 11.4. The standard InChI is InChI=1S/C35H26N4O15S4.4Na.4H/c40-33(38-31-17-27(57(49,50)51)15-21-13-25(55(43,44)45)7-9-29(21)31)19-3-1-5-23(11-19)36-35(42)37-24-6-2-4-20(12-24)34(41)39-32-18-28(58(52,53)54)16-22-14-26(56(46,47)48)8-10-30(22)32;;;;;;;;/h1-18H,(H,38,40)(H,39,41)(H2,36,37,42)(H,43,44,45)(H,46,47,48)(H,49,50,51)(H,52,53,54);;;;;;;;. The minimum atomic E-state index is -4.85. The van der Waals surface area contributed by atoms with Crippen molar-refractivity contribution in [2.75, 3.05) is 21.3 Å². The molecule has 0 saturated heterocycles. The minimum absolute atomic E-state index is 0. The van der Waals surface area contributed by atoms with Gasteiger partial charge in [-0.15, -0.1) is 0 Å². The molecule has 6 aromatic carbocycles. The molecule has 308 valence electrons. The van der Waals surface area contributed by atoms with Crippen LogP contribution in [0.1, 0.15) is 20.7 Å². The Bertz CT molecular complexity index is 2990. The van der Waals surface area contributed by atoms with E-state index in [9.17, 15) is 66.3 Å². The molecule has 0 aliphatic heterocycles. The summed E-state index contributed by atoms with van der Waals surface area (Å²) in [5.74, 6) is -1.63. The van der Waals surface area contributed by atoms with E-state index in [1.807, 2.05) is 0 Å². The van der Waals surface area contributed by atoms with Crippen LogP contribution in [0.5, 0.6) is 0 Å². The van der Waals surface area contributed by atoms with Crippen LogP contribution in [0.3, 0.4) is 0 Å². The zero-order chi connectivity index (χ0) is 42.4. The first kappa shape index (κ1) is 55.8. The quantitative estimate of drug-likeness (QED) is 0.0723. The van der Waals surface area contributed by atoms with E-state index in [-0.39, 0.29) is 174 Å². The van der Waals surface area contributed by atoms with Crippen molar-refractivity contribution in [3.8, 4) is 0 Å². The molecular weight excluding hydrogens is 937 g/mol. The second-order valence-electron chi connectivity index (χ2n) is 12.3. The average Bonchev–Trinajstić information content (AvgIpc) is 3.12. The first-order valence-electron chi connectivity index (χ1n) is 15.9. The molecule has 0 radical (unpaired) electrons. The Morgan fingerprint density at radius 1 is 0.387 bits per heavy atom. The SMILES string of the molecule is O=C(Nc1cccc(C(=O)Nc2cc(S(=O)(=O)O)cc3cc(S(=O)(=O)O)ccc23)c1)Nc1cccc(C(=O)Nc2cc(S(=O)(=O)O)cc3cc(S(=O)(=O)O)ccc23)c1.[NaH].[NaH].[NaH].[NaH]. The van der Waals surface area contributed by atoms with Gasteiger partial charge in [-0.1, -0.05) is 24.3 Å². The first-order valence-corrected chi connectivity index (χ1v) is 21.7. The molecule has 27 heteroatoms. The van der Waals surface area contributed by atoms with Gasteiger partial charge in [0.05, 0.1) is 31.0 Å². The van der Waals surface area contributed by atoms with Crippen LogP contribution in [-0.4, -0.2) is 188 Å². The number of amides is 4. The predicted molar refractivity (Wildman–Crippen MR) is 237 cm³/mol. The van der Waals surface area contributed by atoms with Gasteiger partial charge < -0.3 is 21.3 Å². The molecule has 0 heterocycles. The summed E-state index contributed by atoms with van der Waals surface area (Å²) in [6.45, 7) is 0. The number of carbonyl (C=O) groups excluding carboxylic acids is 3. The van der Waals surface area contributed by atoms with E-state index in [1.165, 1.54) is 60.7 Å². The van der Waals surface area contributed by atoms with Crippen LogP contribution in [0.25, 0.3) is 21.5 Å². The summed E-state index contributed by atoms with van der Waals surface area (Å²) >= 11 is 0. The average molecular weight is 967 g/mol. The zero-order valence-electron chi connectivity index (χ0n) is 28.8. The molecule has 0 aliphatic rings. The maximum atomic E-state index is 13.3. The first-order chi connectivity index (χ1) is 27.0. The summed E-state index contributed by atoms with van der Waals surface area (Å²) in [6, 6.07) is 20.2. The van der Waals surface area contributed by atoms with Crippen molar-refractivity contribution in [2.45, 2.75) is 19.6 Å². The van der Waals surface area contributed by atoms with Gasteiger partial charge in [0.25, 0.3) is 52.3 Å². The number of urea groups is 1. The fourth-order valence-corrected chi connectivity index (χ4v) is 7.74. The van der Waals surface area contributed by atoms with E-state index >= 15 is 0 Å². The van der Waals surface area contributed by atoms with Crippen molar-refractivity contribution in [1.29, 1.82) is 0 Å². The Labute approximate surface area is 442 Å². The zero-order valence-corrected chi connectivity index (χ0v) is 32.1. The molecule has 0 aliphatic carbocycles. The van der Waals surface area contributed by atoms with Gasteiger partial charge in [0.15, 0.2) is 0 Å². The van der Waals surface area contributed by atoms with E-state index in [2.05, 4.69) is 21.3 Å². The van der Waals surface area contributed by atoms with Gasteiger partial charge in [0.2, 0.25) is 0 Å². The molecule has 4 amide bonds. The Morgan fingerprint density at radius 2 is 0.710 bits per heavy atom. The van der Waals surface area contributed by atoms with Gasteiger partial charge in [0.1, 0.15) is 0 Å². The van der Waals surface area contributed by atoms with Crippen LogP contribution in [0.2, 0.25) is 0 Å². The van der Waals surface area contributed by atoms with Crippen LogP contribution in [0.4, 0.5) is 27.5 Å². The molecule has 0 fully saturated rings. The number of hydrogen-bond acceptors (Lipinski definition) is 11. The number of fused-ring (bicyclic) bond motifs is 2. The van der Waals surface area contributed by atoms with Crippen molar-refractivity contribution in [3.63, 3.8) is 0 Å². The summed E-state index contributed by atoms with van der Waals surface area (Å²) in [7, 11) is -19.1. The van der Waals surface area contributed by atoms with Gasteiger partial charge in [-0.3, -0.25) is 27.8 Å². The second kappa shape index (κ2) is 21.8. The Balaban J connectivity index is 0.00000331. The fourth-order valence-electron chi connectivity index (χ4n) is 5.63. The maximum absolute atomic E-state index is 13.3. The summed E-state index contributed by atoms with van der Waals surface area (Å²) in [5, 5.41) is 10.2. The number of benzene rings is 6. The third kappa shape index (κ3) is 13.9. The molecule has 19 nitrogen and oxygen atoms in total. The summed E-state index contributed by atoms with van der Waals surface area (Å²) in [6.07, 6.45) is 0. The van der Waals surface area contributed by atoms with E-state index in [0.717, 1.165) is 48.5 Å². The molecule has 0 saturated carbocycles. The number of carbonyl (C=O) groups is 3. The summed E-state index contributed by atoms with van der Waals surface area (Å²) < 4.78 is 133. The van der Waals surface area contributed by atoms with E-state index in [1.54, 1.807) is 0 Å². The van der Waals surface area contributed by atoms with Gasteiger partial charge >= 0.3 is 124 Å². The topological polar surface area (TPSA) is 317 Å². The van der Waals surface area contributed by atoms with Crippen molar-refractivity contribution >= 4 is 221 Å². The monoisotopic (exact) mass is 966 g/mol. The van der Waals surface area contributed by atoms with E-state index in [0.29, 0.717) is 0 Å². The summed E-state index contributed by atoms with van der Waals surface area (Å²) in [4.78, 5) is 37.1. The predicted octanol–water partition coefficient (Wildman–Crippen LogP) is 2.53. The van der Waals surface area contributed by atoms with Gasteiger partial charge in [-0.05, 0) is 95.7 Å². The molecule has 0 bridgehead atoms.